The number of pyridine rings is 1. The van der Waals surface area contributed by atoms with E-state index in [1.165, 1.54) is 4.90 Å². The number of benzene rings is 2. The number of fused-ring (bicyclic) bond motifs is 2. The van der Waals surface area contributed by atoms with Crippen LogP contribution in [-0.4, -0.2) is 10.9 Å². The molecule has 5 nitrogen and oxygen atoms in total. The van der Waals surface area contributed by atoms with Crippen LogP contribution in [0.4, 0.5) is 5.82 Å². The number of aromatic nitrogens is 1. The number of hydrogen-bond acceptors (Lipinski definition) is 4. The van der Waals surface area contributed by atoms with Crippen LogP contribution in [0.5, 0.6) is 0 Å². The highest BCUT2D eigenvalue weighted by Gasteiger charge is 2.44. The maximum atomic E-state index is 13.6. The Bertz CT molecular complexity index is 1360. The molecule has 0 spiro atoms. The van der Waals surface area contributed by atoms with Gasteiger partial charge in [0.25, 0.3) is 5.91 Å². The molecule has 2 aromatic carbocycles. The summed E-state index contributed by atoms with van der Waals surface area (Å²) in [7, 11) is 0. The second kappa shape index (κ2) is 6.92. The van der Waals surface area contributed by atoms with Gasteiger partial charge in [0.1, 0.15) is 11.4 Å². The van der Waals surface area contributed by atoms with Crippen molar-refractivity contribution in [3.63, 3.8) is 0 Å². The summed E-state index contributed by atoms with van der Waals surface area (Å²) in [6.07, 6.45) is 1.63. The minimum Gasteiger partial charge on any atom is -0.450 e. The summed E-state index contributed by atoms with van der Waals surface area (Å²) in [5, 5.41) is 0.481. The van der Waals surface area contributed by atoms with Crippen molar-refractivity contribution >= 4 is 38.6 Å². The highest BCUT2D eigenvalue weighted by Crippen LogP contribution is 2.40. The molecule has 0 aliphatic carbocycles. The highest BCUT2D eigenvalue weighted by molar-refractivity contribution is 9.10. The molecule has 1 aliphatic rings. The molecule has 0 N–H and O–H groups in total. The largest absolute Gasteiger partial charge is 0.450 e. The van der Waals surface area contributed by atoms with Crippen molar-refractivity contribution < 1.29 is 9.21 Å². The van der Waals surface area contributed by atoms with E-state index >= 15 is 0 Å². The average Bonchev–Trinajstić information content (AvgIpc) is 3.04. The maximum Gasteiger partial charge on any atom is 0.296 e. The second-order valence-electron chi connectivity index (χ2n) is 7.42. The minimum absolute atomic E-state index is 0.0781. The number of carbonyl (C=O) groups excluding carboxylic acids is 1. The third kappa shape index (κ3) is 2.79. The molecular weight excluding hydrogens is 444 g/mol. The predicted molar refractivity (Wildman–Crippen MR) is 119 cm³/mol. The molecule has 0 saturated carbocycles. The fourth-order valence-corrected chi connectivity index (χ4v) is 4.19. The number of halogens is 1. The van der Waals surface area contributed by atoms with Gasteiger partial charge in [-0.05, 0) is 66.9 Å². The Balaban J connectivity index is 1.83. The fourth-order valence-electron chi connectivity index (χ4n) is 3.92. The van der Waals surface area contributed by atoms with E-state index < -0.39 is 6.04 Å². The number of rotatable bonds is 2. The van der Waals surface area contributed by atoms with Crippen LogP contribution < -0.4 is 10.3 Å². The van der Waals surface area contributed by atoms with Crippen LogP contribution >= 0.6 is 15.9 Å². The summed E-state index contributed by atoms with van der Waals surface area (Å²) >= 11 is 3.45. The van der Waals surface area contributed by atoms with Crippen molar-refractivity contribution in [2.45, 2.75) is 19.9 Å². The molecule has 5 rings (SSSR count). The molecule has 30 heavy (non-hydrogen) atoms. The molecule has 4 aromatic rings. The summed E-state index contributed by atoms with van der Waals surface area (Å²) in [5.74, 6) is 0.181. The number of anilines is 1. The SMILES string of the molecule is Cc1cc2oc3c(c(=O)c2cc1C)C(c1ccc(Br)cc1)N(c1ccccn1)C3=O. The third-order valence-electron chi connectivity index (χ3n) is 5.57. The Hall–Kier alpha value is -3.25. The molecule has 1 atom stereocenters. The lowest BCUT2D eigenvalue weighted by atomic mass is 9.97. The molecule has 0 radical (unpaired) electrons. The lowest BCUT2D eigenvalue weighted by Gasteiger charge is -2.24. The van der Waals surface area contributed by atoms with Gasteiger partial charge in [0, 0.05) is 10.7 Å². The van der Waals surface area contributed by atoms with E-state index in [4.69, 9.17) is 4.42 Å². The van der Waals surface area contributed by atoms with Crippen molar-refractivity contribution in [3.05, 3.63) is 104 Å². The summed E-state index contributed by atoms with van der Waals surface area (Å²) < 4.78 is 6.95. The molecule has 6 heteroatoms. The molecule has 0 bridgehead atoms. The first-order chi connectivity index (χ1) is 14.5. The highest BCUT2D eigenvalue weighted by atomic mass is 79.9. The molecule has 0 fully saturated rings. The van der Waals surface area contributed by atoms with Gasteiger partial charge in [0.05, 0.1) is 17.0 Å². The van der Waals surface area contributed by atoms with E-state index in [1.807, 2.05) is 56.3 Å². The molecule has 1 amide bonds. The van der Waals surface area contributed by atoms with Crippen LogP contribution in [-0.2, 0) is 0 Å². The Kier molecular flexibility index (Phi) is 4.33. The van der Waals surface area contributed by atoms with Gasteiger partial charge in [-0.3, -0.25) is 14.5 Å². The van der Waals surface area contributed by atoms with Crippen LogP contribution in [0.2, 0.25) is 0 Å². The van der Waals surface area contributed by atoms with Gasteiger partial charge >= 0.3 is 0 Å². The molecule has 2 aromatic heterocycles. The first-order valence-electron chi connectivity index (χ1n) is 9.53. The Labute approximate surface area is 181 Å². The zero-order valence-corrected chi connectivity index (χ0v) is 17.9. The fraction of sp³-hybridized carbons (Fsp3) is 0.125. The van der Waals surface area contributed by atoms with Gasteiger partial charge in [-0.1, -0.05) is 34.1 Å². The van der Waals surface area contributed by atoms with Gasteiger partial charge in [0.2, 0.25) is 5.76 Å². The van der Waals surface area contributed by atoms with Crippen LogP contribution in [0.15, 0.2) is 74.5 Å². The van der Waals surface area contributed by atoms with Crippen LogP contribution in [0.1, 0.15) is 38.9 Å². The van der Waals surface area contributed by atoms with Crippen LogP contribution in [0, 0.1) is 13.8 Å². The summed E-state index contributed by atoms with van der Waals surface area (Å²) in [4.78, 5) is 32.9. The van der Waals surface area contributed by atoms with Crippen molar-refractivity contribution in [2.75, 3.05) is 4.90 Å². The molecule has 1 aliphatic heterocycles. The van der Waals surface area contributed by atoms with E-state index in [0.29, 0.717) is 22.4 Å². The zero-order valence-electron chi connectivity index (χ0n) is 16.3. The van der Waals surface area contributed by atoms with Crippen molar-refractivity contribution in [1.29, 1.82) is 0 Å². The molecule has 3 heterocycles. The number of amides is 1. The first-order valence-corrected chi connectivity index (χ1v) is 10.3. The molecule has 148 valence electrons. The van der Waals surface area contributed by atoms with Crippen LogP contribution in [0.25, 0.3) is 11.0 Å². The molecule has 1 unspecified atom stereocenters. The van der Waals surface area contributed by atoms with Crippen molar-refractivity contribution in [2.24, 2.45) is 0 Å². The predicted octanol–water partition coefficient (Wildman–Crippen LogP) is 5.32. The second-order valence-corrected chi connectivity index (χ2v) is 8.34. The topological polar surface area (TPSA) is 63.4 Å². The lowest BCUT2D eigenvalue weighted by molar-refractivity contribution is 0.0970. The standard InChI is InChI=1S/C24H17BrN2O3/c1-13-11-17-18(12-14(13)2)30-23-20(22(17)28)21(15-6-8-16(25)9-7-15)27(24(23)29)19-5-3-4-10-26-19/h3-12,21H,1-2H3. The van der Waals surface area contributed by atoms with Crippen LogP contribution in [0.3, 0.4) is 0 Å². The minimum atomic E-state index is -0.613. The normalized spacial score (nSPS) is 15.6. The van der Waals surface area contributed by atoms with Gasteiger partial charge in [0.15, 0.2) is 5.43 Å². The van der Waals surface area contributed by atoms with Crippen molar-refractivity contribution in [1.82, 2.24) is 4.98 Å². The van der Waals surface area contributed by atoms with E-state index in [9.17, 15) is 9.59 Å². The first kappa shape index (κ1) is 18.8. The van der Waals surface area contributed by atoms with Gasteiger partial charge < -0.3 is 4.42 Å². The summed E-state index contributed by atoms with van der Waals surface area (Å²) in [5.41, 5.74) is 3.40. The lowest BCUT2D eigenvalue weighted by Crippen LogP contribution is -2.30. The number of nitrogens with zero attached hydrogens (tertiary/aromatic N) is 2. The van der Waals surface area contributed by atoms with E-state index in [0.717, 1.165) is 21.2 Å². The van der Waals surface area contributed by atoms with E-state index in [1.54, 1.807) is 18.3 Å². The Morgan fingerprint density at radius 1 is 1.00 bits per heavy atom. The van der Waals surface area contributed by atoms with Crippen molar-refractivity contribution in [3.8, 4) is 0 Å². The van der Waals surface area contributed by atoms with Gasteiger partial charge in [-0.25, -0.2) is 4.98 Å². The van der Waals surface area contributed by atoms with E-state index in [2.05, 4.69) is 20.9 Å². The van der Waals surface area contributed by atoms with Gasteiger partial charge in [-0.15, -0.1) is 0 Å². The average molecular weight is 461 g/mol. The monoisotopic (exact) mass is 460 g/mol. The number of hydrogen-bond donors (Lipinski definition) is 0. The quantitative estimate of drug-likeness (QED) is 0.406. The smallest absolute Gasteiger partial charge is 0.296 e. The van der Waals surface area contributed by atoms with E-state index in [-0.39, 0.29) is 17.1 Å². The zero-order chi connectivity index (χ0) is 21.0. The summed E-state index contributed by atoms with van der Waals surface area (Å²) in [6, 6.07) is 16.0. The molecule has 0 saturated heterocycles. The Morgan fingerprint density at radius 2 is 1.73 bits per heavy atom. The van der Waals surface area contributed by atoms with Gasteiger partial charge in [-0.2, -0.15) is 0 Å². The Morgan fingerprint density at radius 3 is 2.43 bits per heavy atom. The molecular formula is C24H17BrN2O3. The summed E-state index contributed by atoms with van der Waals surface area (Å²) in [6.45, 7) is 3.91. The maximum absolute atomic E-state index is 13.6. The number of carbonyl (C=O) groups is 1. The third-order valence-corrected chi connectivity index (χ3v) is 6.10. The number of aryl methyl sites for hydroxylation is 2.